The highest BCUT2D eigenvalue weighted by molar-refractivity contribution is 5.92. The van der Waals surface area contributed by atoms with Gasteiger partial charge in [0.1, 0.15) is 11.6 Å². The fourth-order valence-corrected chi connectivity index (χ4v) is 3.56. The summed E-state index contributed by atoms with van der Waals surface area (Å²) in [6.07, 6.45) is 3.63. The third-order valence-corrected chi connectivity index (χ3v) is 5.21. The lowest BCUT2D eigenvalue weighted by Gasteiger charge is -2.32. The van der Waals surface area contributed by atoms with E-state index in [9.17, 15) is 9.59 Å². The number of nitrogens with zero attached hydrogens (tertiary/aromatic N) is 2. The number of likely N-dealkylation sites (tertiary alicyclic amines) is 1. The van der Waals surface area contributed by atoms with Gasteiger partial charge < -0.3 is 15.0 Å². The van der Waals surface area contributed by atoms with Crippen LogP contribution < -0.4 is 10.1 Å². The highest BCUT2D eigenvalue weighted by Gasteiger charge is 2.28. The van der Waals surface area contributed by atoms with Gasteiger partial charge in [-0.05, 0) is 56.9 Å². The highest BCUT2D eigenvalue weighted by Crippen LogP contribution is 2.21. The Morgan fingerprint density at radius 2 is 1.97 bits per heavy atom. The quantitative estimate of drug-likeness (QED) is 0.810. The summed E-state index contributed by atoms with van der Waals surface area (Å²) in [4.78, 5) is 31.2. The van der Waals surface area contributed by atoms with Crippen molar-refractivity contribution in [3.05, 3.63) is 53.2 Å². The van der Waals surface area contributed by atoms with Gasteiger partial charge in [-0.25, -0.2) is 4.98 Å². The van der Waals surface area contributed by atoms with Gasteiger partial charge in [0.05, 0.1) is 18.9 Å². The number of pyridine rings is 1. The van der Waals surface area contributed by atoms with Crippen LogP contribution in [0.2, 0.25) is 0 Å². The zero-order valence-corrected chi connectivity index (χ0v) is 17.4. The second-order valence-electron chi connectivity index (χ2n) is 7.76. The summed E-state index contributed by atoms with van der Waals surface area (Å²) >= 11 is 0. The van der Waals surface area contributed by atoms with E-state index in [-0.39, 0.29) is 17.7 Å². The summed E-state index contributed by atoms with van der Waals surface area (Å²) in [6, 6.07) is 9.71. The summed E-state index contributed by atoms with van der Waals surface area (Å²) in [5.74, 6) is 1.10. The first-order valence-electron chi connectivity index (χ1n) is 10.1. The van der Waals surface area contributed by atoms with Gasteiger partial charge >= 0.3 is 0 Å². The van der Waals surface area contributed by atoms with E-state index in [1.54, 1.807) is 17.2 Å². The van der Waals surface area contributed by atoms with Crippen molar-refractivity contribution >= 4 is 17.6 Å². The number of aryl methyl sites for hydroxylation is 3. The Morgan fingerprint density at radius 1 is 1.17 bits per heavy atom. The van der Waals surface area contributed by atoms with Crippen LogP contribution in [-0.2, 0) is 9.59 Å². The normalized spacial score (nSPS) is 16.4. The second-order valence-corrected chi connectivity index (χ2v) is 7.76. The van der Waals surface area contributed by atoms with Crippen LogP contribution in [0.1, 0.15) is 36.0 Å². The molecule has 1 aromatic carbocycles. The monoisotopic (exact) mass is 395 g/mol. The molecule has 154 valence electrons. The Kier molecular flexibility index (Phi) is 6.86. The van der Waals surface area contributed by atoms with Crippen molar-refractivity contribution in [3.8, 4) is 5.75 Å². The van der Waals surface area contributed by atoms with Crippen LogP contribution in [0.5, 0.6) is 5.75 Å². The zero-order valence-electron chi connectivity index (χ0n) is 17.4. The van der Waals surface area contributed by atoms with E-state index < -0.39 is 0 Å². The molecule has 1 N–H and O–H groups in total. The van der Waals surface area contributed by atoms with Crippen molar-refractivity contribution in [3.63, 3.8) is 0 Å². The molecular formula is C23H29N3O3. The van der Waals surface area contributed by atoms with E-state index in [2.05, 4.69) is 16.4 Å². The molecule has 1 unspecified atom stereocenters. The minimum absolute atomic E-state index is 0.0284. The summed E-state index contributed by atoms with van der Waals surface area (Å²) in [5.41, 5.74) is 3.29. The Labute approximate surface area is 172 Å². The fourth-order valence-electron chi connectivity index (χ4n) is 3.56. The Morgan fingerprint density at radius 3 is 2.69 bits per heavy atom. The maximum absolute atomic E-state index is 12.6. The number of rotatable bonds is 6. The largest absolute Gasteiger partial charge is 0.493 e. The first-order valence-corrected chi connectivity index (χ1v) is 10.1. The molecule has 1 atom stereocenters. The number of carbonyl (C=O) groups excluding carboxylic acids is 2. The molecule has 1 saturated heterocycles. The number of ether oxygens (including phenoxy) is 1. The molecule has 0 radical (unpaired) electrons. The predicted octanol–water partition coefficient (Wildman–Crippen LogP) is 3.65. The number of benzene rings is 1. The molecule has 6 heteroatoms. The van der Waals surface area contributed by atoms with E-state index in [0.29, 0.717) is 31.9 Å². The molecule has 0 saturated carbocycles. The molecule has 1 aromatic heterocycles. The number of aromatic nitrogens is 1. The van der Waals surface area contributed by atoms with Gasteiger partial charge in [0, 0.05) is 19.3 Å². The Balaban J connectivity index is 1.48. The standard InChI is InChI=1S/C23H29N3O3/c1-16-6-8-20(18(3)13-16)29-12-10-22(27)26-11-4-5-19(15-26)23(28)25-21-9-7-17(2)14-24-21/h6-9,13-14,19H,4-5,10-12,15H2,1-3H3,(H,24,25,28). The first kappa shape index (κ1) is 20.8. The van der Waals surface area contributed by atoms with Crippen LogP contribution in [0.4, 0.5) is 5.82 Å². The molecule has 29 heavy (non-hydrogen) atoms. The third-order valence-electron chi connectivity index (χ3n) is 5.21. The van der Waals surface area contributed by atoms with E-state index in [1.165, 1.54) is 5.56 Å². The maximum atomic E-state index is 12.6. The summed E-state index contributed by atoms with van der Waals surface area (Å²) in [7, 11) is 0. The number of piperidine rings is 1. The number of anilines is 1. The van der Waals surface area contributed by atoms with E-state index in [1.807, 2.05) is 39.0 Å². The molecular weight excluding hydrogens is 366 g/mol. The molecule has 2 amide bonds. The van der Waals surface area contributed by atoms with E-state index in [4.69, 9.17) is 4.74 Å². The maximum Gasteiger partial charge on any atom is 0.230 e. The van der Waals surface area contributed by atoms with E-state index >= 15 is 0 Å². The SMILES string of the molecule is Cc1ccc(NC(=O)C2CCCN(C(=O)CCOc3ccc(C)cc3C)C2)nc1. The average Bonchev–Trinajstić information content (AvgIpc) is 2.71. The molecule has 3 rings (SSSR count). The highest BCUT2D eigenvalue weighted by atomic mass is 16.5. The van der Waals surface area contributed by atoms with Crippen LogP contribution >= 0.6 is 0 Å². The number of amides is 2. The van der Waals surface area contributed by atoms with Gasteiger partial charge in [0.25, 0.3) is 0 Å². The molecule has 0 bridgehead atoms. The topological polar surface area (TPSA) is 71.5 Å². The lowest BCUT2D eigenvalue weighted by Crippen LogP contribution is -2.44. The first-order chi connectivity index (χ1) is 13.9. The molecule has 2 aromatic rings. The van der Waals surface area contributed by atoms with Crippen LogP contribution in [0.25, 0.3) is 0 Å². The van der Waals surface area contributed by atoms with Gasteiger partial charge in [-0.1, -0.05) is 23.8 Å². The average molecular weight is 396 g/mol. The van der Waals surface area contributed by atoms with Crippen LogP contribution in [0.3, 0.4) is 0 Å². The number of carbonyl (C=O) groups is 2. The summed E-state index contributed by atoms with van der Waals surface area (Å²) in [5, 5.41) is 2.86. The van der Waals surface area contributed by atoms with Crippen LogP contribution in [-0.4, -0.2) is 41.4 Å². The molecule has 1 aliphatic rings. The van der Waals surface area contributed by atoms with Crippen molar-refractivity contribution in [2.75, 3.05) is 25.0 Å². The van der Waals surface area contributed by atoms with Crippen LogP contribution in [0, 0.1) is 26.7 Å². The van der Waals surface area contributed by atoms with Gasteiger partial charge in [0.2, 0.25) is 11.8 Å². The van der Waals surface area contributed by atoms with Crippen LogP contribution in [0.15, 0.2) is 36.5 Å². The summed E-state index contributed by atoms with van der Waals surface area (Å²) < 4.78 is 5.78. The van der Waals surface area contributed by atoms with Gasteiger partial charge in [-0.3, -0.25) is 9.59 Å². The molecule has 2 heterocycles. The van der Waals surface area contributed by atoms with Gasteiger partial charge in [0.15, 0.2) is 0 Å². The third kappa shape index (κ3) is 5.79. The molecule has 1 aliphatic heterocycles. The van der Waals surface area contributed by atoms with Crippen molar-refractivity contribution in [2.45, 2.75) is 40.0 Å². The molecule has 6 nitrogen and oxygen atoms in total. The van der Waals surface area contributed by atoms with Gasteiger partial charge in [-0.2, -0.15) is 0 Å². The van der Waals surface area contributed by atoms with Gasteiger partial charge in [-0.15, -0.1) is 0 Å². The molecule has 0 aliphatic carbocycles. The minimum atomic E-state index is -0.212. The number of hydrogen-bond donors (Lipinski definition) is 1. The van der Waals surface area contributed by atoms with Crippen molar-refractivity contribution in [1.29, 1.82) is 0 Å². The molecule has 1 fully saturated rings. The van der Waals surface area contributed by atoms with E-state index in [0.717, 1.165) is 29.7 Å². The van der Waals surface area contributed by atoms with Crippen molar-refractivity contribution in [2.24, 2.45) is 5.92 Å². The lowest BCUT2D eigenvalue weighted by atomic mass is 9.97. The smallest absolute Gasteiger partial charge is 0.230 e. The summed E-state index contributed by atoms with van der Waals surface area (Å²) in [6.45, 7) is 7.46. The predicted molar refractivity (Wildman–Crippen MR) is 113 cm³/mol. The number of hydrogen-bond acceptors (Lipinski definition) is 4. The number of nitrogens with one attached hydrogen (secondary N) is 1. The Hall–Kier alpha value is -2.89. The minimum Gasteiger partial charge on any atom is -0.493 e. The second kappa shape index (κ2) is 9.54. The lowest BCUT2D eigenvalue weighted by molar-refractivity contribution is -0.135. The van der Waals surface area contributed by atoms with Crippen molar-refractivity contribution in [1.82, 2.24) is 9.88 Å². The van der Waals surface area contributed by atoms with Crippen molar-refractivity contribution < 1.29 is 14.3 Å². The Bertz CT molecular complexity index is 864. The molecule has 0 spiro atoms. The zero-order chi connectivity index (χ0) is 20.8. The fraction of sp³-hybridized carbons (Fsp3) is 0.435.